The van der Waals surface area contributed by atoms with Crippen molar-refractivity contribution < 1.29 is 9.53 Å². The quantitative estimate of drug-likeness (QED) is 0.374. The summed E-state index contributed by atoms with van der Waals surface area (Å²) in [5.41, 5.74) is 3.26. The van der Waals surface area contributed by atoms with Gasteiger partial charge in [0, 0.05) is 43.8 Å². The Labute approximate surface area is 205 Å². The predicted molar refractivity (Wildman–Crippen MR) is 139 cm³/mol. The molecule has 1 fully saturated rings. The minimum atomic E-state index is -0.0654. The summed E-state index contributed by atoms with van der Waals surface area (Å²) in [7, 11) is 1.68. The molecule has 0 unspecified atom stereocenters. The van der Waals surface area contributed by atoms with Gasteiger partial charge in [0.15, 0.2) is 5.16 Å². The molecule has 0 spiro atoms. The lowest BCUT2D eigenvalue weighted by Crippen LogP contribution is -2.46. The number of thioether (sulfide) groups is 1. The van der Waals surface area contributed by atoms with Crippen molar-refractivity contribution >= 4 is 34.9 Å². The largest absolute Gasteiger partial charge is 0.497 e. The molecule has 1 aliphatic heterocycles. The molecule has 4 rings (SSSR count). The molecule has 2 aromatic carbocycles. The third-order valence-electron chi connectivity index (χ3n) is 5.85. The first-order valence-corrected chi connectivity index (χ1v) is 12.5. The Bertz CT molecular complexity index is 1080. The number of carbonyl (C=O) groups excluding carboxylic acids is 1. The van der Waals surface area contributed by atoms with Crippen LogP contribution >= 0.6 is 11.8 Å². The van der Waals surface area contributed by atoms with E-state index in [1.807, 2.05) is 42.5 Å². The highest BCUT2D eigenvalue weighted by Gasteiger charge is 2.19. The zero-order valence-electron chi connectivity index (χ0n) is 19.9. The van der Waals surface area contributed by atoms with E-state index in [0.717, 1.165) is 43.4 Å². The van der Waals surface area contributed by atoms with E-state index in [0.29, 0.717) is 11.1 Å². The molecule has 0 aliphatic carbocycles. The SMILES string of the molecule is COc1ccc(N2CCN(c3ccnc(SCC(=O)Nc4ccc(C(C)C)cc4)n3)CC2)cc1. The number of hydrogen-bond donors (Lipinski definition) is 1. The first-order chi connectivity index (χ1) is 16.5. The van der Waals surface area contributed by atoms with E-state index in [2.05, 4.69) is 51.1 Å². The Morgan fingerprint density at radius 2 is 1.68 bits per heavy atom. The fourth-order valence-electron chi connectivity index (χ4n) is 3.84. The molecule has 7 nitrogen and oxygen atoms in total. The number of hydrogen-bond acceptors (Lipinski definition) is 7. The maximum absolute atomic E-state index is 12.4. The van der Waals surface area contributed by atoms with Crippen LogP contribution in [0.25, 0.3) is 0 Å². The predicted octanol–water partition coefficient (Wildman–Crippen LogP) is 4.67. The minimum Gasteiger partial charge on any atom is -0.497 e. The zero-order valence-corrected chi connectivity index (χ0v) is 20.7. The van der Waals surface area contributed by atoms with E-state index in [9.17, 15) is 4.79 Å². The van der Waals surface area contributed by atoms with Crippen molar-refractivity contribution in [2.75, 3.05) is 54.2 Å². The number of anilines is 3. The maximum atomic E-state index is 12.4. The van der Waals surface area contributed by atoms with Crippen LogP contribution in [0.5, 0.6) is 5.75 Å². The molecular formula is C26H31N5O2S. The van der Waals surface area contributed by atoms with Crippen molar-refractivity contribution in [1.82, 2.24) is 9.97 Å². The molecule has 1 saturated heterocycles. The Morgan fingerprint density at radius 3 is 2.32 bits per heavy atom. The van der Waals surface area contributed by atoms with Crippen LogP contribution in [0.3, 0.4) is 0 Å². The number of ether oxygens (including phenoxy) is 1. The molecule has 8 heteroatoms. The molecule has 178 valence electrons. The first-order valence-electron chi connectivity index (χ1n) is 11.5. The number of piperazine rings is 1. The number of aromatic nitrogens is 2. The van der Waals surface area contributed by atoms with Crippen LogP contribution in [0, 0.1) is 0 Å². The van der Waals surface area contributed by atoms with Crippen molar-refractivity contribution in [3.8, 4) is 5.75 Å². The van der Waals surface area contributed by atoms with Gasteiger partial charge in [-0.2, -0.15) is 0 Å². The second-order valence-electron chi connectivity index (χ2n) is 8.48. The van der Waals surface area contributed by atoms with Gasteiger partial charge in [-0.15, -0.1) is 0 Å². The highest BCUT2D eigenvalue weighted by atomic mass is 32.2. The summed E-state index contributed by atoms with van der Waals surface area (Å²) in [6, 6.07) is 18.1. The minimum absolute atomic E-state index is 0.0654. The Hall–Kier alpha value is -3.26. The average molecular weight is 478 g/mol. The average Bonchev–Trinajstić information content (AvgIpc) is 2.88. The summed E-state index contributed by atoms with van der Waals surface area (Å²) in [6.07, 6.45) is 1.77. The van der Waals surface area contributed by atoms with Gasteiger partial charge in [0.1, 0.15) is 11.6 Å². The van der Waals surface area contributed by atoms with Crippen molar-refractivity contribution in [2.24, 2.45) is 0 Å². The van der Waals surface area contributed by atoms with Crippen molar-refractivity contribution in [3.05, 3.63) is 66.4 Å². The number of carbonyl (C=O) groups is 1. The van der Waals surface area contributed by atoms with E-state index in [1.165, 1.54) is 23.0 Å². The highest BCUT2D eigenvalue weighted by Crippen LogP contribution is 2.23. The molecule has 0 atom stereocenters. The van der Waals surface area contributed by atoms with E-state index < -0.39 is 0 Å². The topological polar surface area (TPSA) is 70.6 Å². The van der Waals surface area contributed by atoms with E-state index >= 15 is 0 Å². The van der Waals surface area contributed by atoms with Crippen LogP contribution in [0.4, 0.5) is 17.2 Å². The van der Waals surface area contributed by atoms with Crippen LogP contribution < -0.4 is 19.9 Å². The lowest BCUT2D eigenvalue weighted by Gasteiger charge is -2.36. The summed E-state index contributed by atoms with van der Waals surface area (Å²) >= 11 is 1.35. The molecule has 0 radical (unpaired) electrons. The second kappa shape index (κ2) is 11.2. The molecule has 2 heterocycles. The number of amides is 1. The van der Waals surface area contributed by atoms with Gasteiger partial charge < -0.3 is 19.9 Å². The number of rotatable bonds is 8. The van der Waals surface area contributed by atoms with Crippen LogP contribution in [-0.4, -0.2) is 54.9 Å². The normalized spacial score (nSPS) is 13.8. The van der Waals surface area contributed by atoms with Crippen molar-refractivity contribution in [2.45, 2.75) is 24.9 Å². The summed E-state index contributed by atoms with van der Waals surface area (Å²) in [5.74, 6) is 2.43. The summed E-state index contributed by atoms with van der Waals surface area (Å²) < 4.78 is 5.25. The fraction of sp³-hybridized carbons (Fsp3) is 0.346. The molecule has 0 saturated carbocycles. The third kappa shape index (κ3) is 6.20. The van der Waals surface area contributed by atoms with Gasteiger partial charge in [0.05, 0.1) is 12.9 Å². The van der Waals surface area contributed by atoms with E-state index in [4.69, 9.17) is 4.74 Å². The van der Waals surface area contributed by atoms with E-state index in [-0.39, 0.29) is 11.7 Å². The molecule has 0 bridgehead atoms. The van der Waals surface area contributed by atoms with Crippen LogP contribution in [0.2, 0.25) is 0 Å². The number of methoxy groups -OCH3 is 1. The molecular weight excluding hydrogens is 446 g/mol. The van der Waals surface area contributed by atoms with Gasteiger partial charge in [0.2, 0.25) is 5.91 Å². The van der Waals surface area contributed by atoms with Gasteiger partial charge >= 0.3 is 0 Å². The van der Waals surface area contributed by atoms with Gasteiger partial charge in [0.25, 0.3) is 0 Å². The van der Waals surface area contributed by atoms with Crippen molar-refractivity contribution in [3.63, 3.8) is 0 Å². The molecule has 1 N–H and O–H groups in total. The molecule has 1 aliphatic rings. The third-order valence-corrected chi connectivity index (χ3v) is 6.71. The maximum Gasteiger partial charge on any atom is 0.234 e. The number of nitrogens with zero attached hydrogens (tertiary/aromatic N) is 4. The van der Waals surface area contributed by atoms with Gasteiger partial charge in [-0.3, -0.25) is 4.79 Å². The van der Waals surface area contributed by atoms with Crippen molar-refractivity contribution in [1.29, 1.82) is 0 Å². The number of nitrogens with one attached hydrogen (secondary N) is 1. The van der Waals surface area contributed by atoms with E-state index in [1.54, 1.807) is 13.3 Å². The lowest BCUT2D eigenvalue weighted by molar-refractivity contribution is -0.113. The van der Waals surface area contributed by atoms with Crippen LogP contribution in [-0.2, 0) is 4.79 Å². The van der Waals surface area contributed by atoms with Crippen LogP contribution in [0.15, 0.2) is 66.0 Å². The summed E-state index contributed by atoms with van der Waals surface area (Å²) in [6.45, 7) is 7.88. The molecule has 1 aromatic heterocycles. The van der Waals surface area contributed by atoms with Gasteiger partial charge in [-0.25, -0.2) is 9.97 Å². The Balaban J connectivity index is 1.27. The lowest BCUT2D eigenvalue weighted by atomic mass is 10.0. The summed E-state index contributed by atoms with van der Waals surface area (Å²) in [4.78, 5) is 26.1. The molecule has 1 amide bonds. The number of benzene rings is 2. The second-order valence-corrected chi connectivity index (χ2v) is 9.43. The highest BCUT2D eigenvalue weighted by molar-refractivity contribution is 7.99. The standard InChI is InChI=1S/C26H31N5O2S/c1-19(2)20-4-6-21(7-5-20)28-25(32)18-34-26-27-13-12-24(29-26)31-16-14-30(15-17-31)22-8-10-23(33-3)11-9-22/h4-13,19H,14-18H2,1-3H3,(H,28,32). The first kappa shape index (κ1) is 23.9. The molecule has 3 aromatic rings. The Morgan fingerprint density at radius 1 is 1.00 bits per heavy atom. The zero-order chi connectivity index (χ0) is 23.9. The van der Waals surface area contributed by atoms with Gasteiger partial charge in [-0.1, -0.05) is 37.7 Å². The van der Waals surface area contributed by atoms with Crippen LogP contribution in [0.1, 0.15) is 25.3 Å². The monoisotopic (exact) mass is 477 g/mol. The molecule has 34 heavy (non-hydrogen) atoms. The summed E-state index contributed by atoms with van der Waals surface area (Å²) in [5, 5.41) is 3.56. The Kier molecular flexibility index (Phi) is 7.90. The van der Waals surface area contributed by atoms with Gasteiger partial charge in [-0.05, 0) is 53.9 Å². The fourth-order valence-corrected chi connectivity index (χ4v) is 4.47. The smallest absolute Gasteiger partial charge is 0.234 e.